The van der Waals surface area contributed by atoms with Crippen molar-refractivity contribution in [3.8, 4) is 5.75 Å². The molecule has 0 spiro atoms. The molecular formula is C25H27NO4S2. The minimum Gasteiger partial charge on any atom is -0.489 e. The van der Waals surface area contributed by atoms with Crippen LogP contribution in [0.25, 0.3) is 6.08 Å². The van der Waals surface area contributed by atoms with E-state index in [1.54, 1.807) is 0 Å². The molecule has 0 aliphatic carbocycles. The van der Waals surface area contributed by atoms with E-state index in [-0.39, 0.29) is 18.3 Å². The molecule has 7 heteroatoms. The van der Waals surface area contributed by atoms with Crippen molar-refractivity contribution in [3.63, 3.8) is 0 Å². The zero-order valence-corrected chi connectivity index (χ0v) is 20.4. The van der Waals surface area contributed by atoms with E-state index in [2.05, 4.69) is 37.6 Å². The first kappa shape index (κ1) is 24.0. The maximum Gasteiger partial charge on any atom is 0.305 e. The summed E-state index contributed by atoms with van der Waals surface area (Å²) in [5.41, 5.74) is 5.83. The Morgan fingerprint density at radius 1 is 1.09 bits per heavy atom. The molecule has 0 aromatic heterocycles. The fourth-order valence-corrected chi connectivity index (χ4v) is 4.63. The molecule has 5 nitrogen and oxygen atoms in total. The normalized spacial score (nSPS) is 14.9. The summed E-state index contributed by atoms with van der Waals surface area (Å²) in [5, 5.41) is 0. The number of nitrogens with zero attached hydrogens (tertiary/aromatic N) is 1. The molecular weight excluding hydrogens is 442 g/mol. The molecule has 168 valence electrons. The van der Waals surface area contributed by atoms with Gasteiger partial charge in [-0.2, -0.15) is 0 Å². The predicted octanol–water partition coefficient (Wildman–Crippen LogP) is 5.35. The number of aryl methyl sites for hydroxylation is 3. The largest absolute Gasteiger partial charge is 0.489 e. The molecule has 0 unspecified atom stereocenters. The Balaban J connectivity index is 1.60. The second-order valence-electron chi connectivity index (χ2n) is 7.73. The summed E-state index contributed by atoms with van der Waals surface area (Å²) >= 11 is 6.62. The van der Waals surface area contributed by atoms with Gasteiger partial charge in [0.15, 0.2) is 0 Å². The van der Waals surface area contributed by atoms with Crippen molar-refractivity contribution in [2.75, 3.05) is 13.7 Å². The van der Waals surface area contributed by atoms with Gasteiger partial charge in [0.2, 0.25) is 0 Å². The second kappa shape index (κ2) is 10.8. The average Bonchev–Trinajstić information content (AvgIpc) is 3.03. The zero-order chi connectivity index (χ0) is 23.3. The van der Waals surface area contributed by atoms with E-state index in [4.69, 9.17) is 17.0 Å². The van der Waals surface area contributed by atoms with Crippen molar-refractivity contribution in [1.29, 1.82) is 0 Å². The number of esters is 1. The lowest BCUT2D eigenvalue weighted by atomic mass is 10.0. The topological polar surface area (TPSA) is 55.8 Å². The minimum absolute atomic E-state index is 0.129. The number of hydrogen-bond donors (Lipinski definition) is 0. The summed E-state index contributed by atoms with van der Waals surface area (Å²) in [5.74, 6) is 0.353. The maximum atomic E-state index is 12.7. The summed E-state index contributed by atoms with van der Waals surface area (Å²) in [6.07, 6.45) is 2.60. The molecule has 0 bridgehead atoms. The number of carbonyl (C=O) groups excluding carboxylic acids is 2. The van der Waals surface area contributed by atoms with Gasteiger partial charge in [0, 0.05) is 13.0 Å². The van der Waals surface area contributed by atoms with Gasteiger partial charge in [-0.15, -0.1) is 0 Å². The van der Waals surface area contributed by atoms with Gasteiger partial charge >= 0.3 is 5.97 Å². The Morgan fingerprint density at radius 3 is 2.47 bits per heavy atom. The number of ether oxygens (including phenoxy) is 2. The molecule has 1 aliphatic rings. The lowest BCUT2D eigenvalue weighted by molar-refractivity contribution is -0.141. The average molecular weight is 470 g/mol. The van der Waals surface area contributed by atoms with Crippen LogP contribution in [-0.4, -0.2) is 34.8 Å². The highest BCUT2D eigenvalue weighted by Gasteiger charge is 2.31. The van der Waals surface area contributed by atoms with E-state index >= 15 is 0 Å². The van der Waals surface area contributed by atoms with Gasteiger partial charge in [0.05, 0.1) is 12.0 Å². The van der Waals surface area contributed by atoms with Crippen LogP contribution in [0.4, 0.5) is 0 Å². The van der Waals surface area contributed by atoms with Crippen LogP contribution in [0.5, 0.6) is 5.75 Å². The SMILES string of the molecule is COC(=O)CCCN1C(=O)/C(=C\c2ccc(OCc3cc(C)c(C)cc3C)cc2)SC1=S. The van der Waals surface area contributed by atoms with Gasteiger partial charge in [-0.05, 0) is 73.2 Å². The van der Waals surface area contributed by atoms with Crippen molar-refractivity contribution >= 4 is 46.3 Å². The summed E-state index contributed by atoms with van der Waals surface area (Å²) in [4.78, 5) is 26.1. The first-order chi connectivity index (χ1) is 15.3. The maximum absolute atomic E-state index is 12.7. The third-order valence-corrected chi connectivity index (χ3v) is 6.77. The number of hydrogen-bond acceptors (Lipinski definition) is 6. The lowest BCUT2D eigenvalue weighted by Crippen LogP contribution is -2.29. The van der Waals surface area contributed by atoms with Crippen LogP contribution in [0.15, 0.2) is 41.3 Å². The molecule has 0 atom stereocenters. The van der Waals surface area contributed by atoms with Crippen molar-refractivity contribution in [1.82, 2.24) is 4.90 Å². The monoisotopic (exact) mass is 469 g/mol. The van der Waals surface area contributed by atoms with Crippen molar-refractivity contribution in [2.45, 2.75) is 40.2 Å². The van der Waals surface area contributed by atoms with Crippen molar-refractivity contribution in [2.24, 2.45) is 0 Å². The van der Waals surface area contributed by atoms with Gasteiger partial charge in [-0.3, -0.25) is 14.5 Å². The third kappa shape index (κ3) is 5.99. The Labute approximate surface area is 198 Å². The molecule has 32 heavy (non-hydrogen) atoms. The Kier molecular flexibility index (Phi) is 8.10. The van der Waals surface area contributed by atoms with E-state index in [1.165, 1.54) is 46.0 Å². The smallest absolute Gasteiger partial charge is 0.305 e. The van der Waals surface area contributed by atoms with Crippen LogP contribution in [0.3, 0.4) is 0 Å². The van der Waals surface area contributed by atoms with Gasteiger partial charge in [-0.1, -0.05) is 48.2 Å². The van der Waals surface area contributed by atoms with E-state index in [0.29, 0.717) is 28.8 Å². The van der Waals surface area contributed by atoms with Gasteiger partial charge in [0.1, 0.15) is 16.7 Å². The Morgan fingerprint density at radius 2 is 1.78 bits per heavy atom. The van der Waals surface area contributed by atoms with E-state index in [9.17, 15) is 9.59 Å². The van der Waals surface area contributed by atoms with E-state index in [0.717, 1.165) is 11.3 Å². The second-order valence-corrected chi connectivity index (χ2v) is 9.41. The number of carbonyl (C=O) groups is 2. The Hall–Kier alpha value is -2.64. The minimum atomic E-state index is -0.291. The number of benzene rings is 2. The van der Waals surface area contributed by atoms with Gasteiger partial charge < -0.3 is 9.47 Å². The summed E-state index contributed by atoms with van der Waals surface area (Å²) in [6, 6.07) is 12.0. The predicted molar refractivity (Wildman–Crippen MR) is 133 cm³/mol. The third-order valence-electron chi connectivity index (χ3n) is 5.39. The number of rotatable bonds is 8. The number of thiocarbonyl (C=S) groups is 1. The highest BCUT2D eigenvalue weighted by Crippen LogP contribution is 2.33. The molecule has 1 amide bonds. The van der Waals surface area contributed by atoms with Crippen LogP contribution in [0.2, 0.25) is 0 Å². The van der Waals surface area contributed by atoms with Gasteiger partial charge in [-0.25, -0.2) is 0 Å². The number of amides is 1. The van der Waals surface area contributed by atoms with Crippen LogP contribution in [-0.2, 0) is 20.9 Å². The Bertz CT molecular complexity index is 1060. The van der Waals surface area contributed by atoms with Crippen LogP contribution < -0.4 is 4.74 Å². The molecule has 2 aromatic carbocycles. The fraction of sp³-hybridized carbons (Fsp3) is 0.320. The van der Waals surface area contributed by atoms with E-state index in [1.807, 2.05) is 30.3 Å². The van der Waals surface area contributed by atoms with Crippen LogP contribution in [0.1, 0.15) is 40.7 Å². The van der Waals surface area contributed by atoms with Gasteiger partial charge in [0.25, 0.3) is 5.91 Å². The molecule has 2 aromatic rings. The molecule has 1 fully saturated rings. The molecule has 0 saturated carbocycles. The number of thioether (sulfide) groups is 1. The van der Waals surface area contributed by atoms with E-state index < -0.39 is 0 Å². The van der Waals surface area contributed by atoms with Crippen molar-refractivity contribution in [3.05, 3.63) is 69.1 Å². The molecule has 0 radical (unpaired) electrons. The summed E-state index contributed by atoms with van der Waals surface area (Å²) in [7, 11) is 1.35. The first-order valence-electron chi connectivity index (χ1n) is 10.4. The highest BCUT2D eigenvalue weighted by atomic mass is 32.2. The molecule has 1 aliphatic heterocycles. The quantitative estimate of drug-likeness (QED) is 0.295. The molecule has 1 saturated heterocycles. The van der Waals surface area contributed by atoms with Crippen LogP contribution >= 0.6 is 24.0 Å². The zero-order valence-electron chi connectivity index (χ0n) is 18.8. The highest BCUT2D eigenvalue weighted by molar-refractivity contribution is 8.26. The molecule has 1 heterocycles. The number of methoxy groups -OCH3 is 1. The lowest BCUT2D eigenvalue weighted by Gasteiger charge is -2.13. The summed E-state index contributed by atoms with van der Waals surface area (Å²) < 4.78 is 11.1. The summed E-state index contributed by atoms with van der Waals surface area (Å²) in [6.45, 7) is 7.23. The van der Waals surface area contributed by atoms with Crippen molar-refractivity contribution < 1.29 is 19.1 Å². The first-order valence-corrected chi connectivity index (χ1v) is 11.6. The molecule has 0 N–H and O–H groups in total. The molecule has 3 rings (SSSR count). The standard InChI is InChI=1S/C25H27NO4S2/c1-16-12-18(3)20(13-17(16)2)15-30-21-9-7-19(8-10-21)14-22-24(28)26(25(31)32-22)11-5-6-23(27)29-4/h7-10,12-14H,5-6,11,15H2,1-4H3/b22-14+. The van der Waals surface area contributed by atoms with Crippen LogP contribution in [0, 0.1) is 20.8 Å². The fourth-order valence-electron chi connectivity index (χ4n) is 3.32.